The maximum absolute atomic E-state index is 5.25. The van der Waals surface area contributed by atoms with Gasteiger partial charge in [-0.15, -0.1) is 6.07 Å². The van der Waals surface area contributed by atoms with Crippen LogP contribution in [0.4, 0.5) is 5.69 Å². The monoisotopic (exact) mass is 217 g/mol. The van der Waals surface area contributed by atoms with Gasteiger partial charge in [0, 0.05) is 13.1 Å². The van der Waals surface area contributed by atoms with Crippen molar-refractivity contribution in [2.24, 2.45) is 0 Å². The summed E-state index contributed by atoms with van der Waals surface area (Å²) in [4.78, 5) is 6.22. The molecule has 0 saturated carbocycles. The Hall–Kier alpha value is 0.546. The summed E-state index contributed by atoms with van der Waals surface area (Å²) >= 11 is 0. The molecule has 1 saturated heterocycles. The van der Waals surface area contributed by atoms with Crippen LogP contribution in [-0.2, 0) is 4.74 Å². The van der Waals surface area contributed by atoms with Crippen LogP contribution in [0.3, 0.4) is 0 Å². The number of pyridine rings is 1. The molecule has 0 amide bonds. The summed E-state index contributed by atoms with van der Waals surface area (Å²) in [5.74, 6) is 0. The molecular formula is C10H14KN2O-. The van der Waals surface area contributed by atoms with Crippen LogP contribution in [0.2, 0.25) is 0 Å². The summed E-state index contributed by atoms with van der Waals surface area (Å²) < 4.78 is 5.25. The summed E-state index contributed by atoms with van der Waals surface area (Å²) in [5.41, 5.74) is 1.16. The Balaban J connectivity index is 0.000000845. The molecule has 0 radical (unpaired) electrons. The quantitative estimate of drug-likeness (QED) is 0.409. The average molecular weight is 217 g/mol. The fraction of sp³-hybridized carbons (Fsp3) is 0.400. The molecular weight excluding hydrogens is 203 g/mol. The predicted molar refractivity (Wildman–Crippen MR) is 52.5 cm³/mol. The number of anilines is 1. The Labute approximate surface area is 128 Å². The Morgan fingerprint density at radius 2 is 2.07 bits per heavy atom. The molecule has 0 N–H and O–H groups in total. The van der Waals surface area contributed by atoms with Crippen molar-refractivity contribution < 1.29 is 56.1 Å². The number of nitrogens with zero attached hydrogens (tertiary/aromatic N) is 2. The SMILES string of the molecule is [CH3-].[K+].[c-]1ccc(N2CCOCC2)cn1. The molecule has 0 atom stereocenters. The van der Waals surface area contributed by atoms with Gasteiger partial charge in [-0.3, -0.25) is 0 Å². The molecule has 1 fully saturated rings. The zero-order valence-electron chi connectivity index (χ0n) is 8.86. The minimum atomic E-state index is 0. The first-order chi connectivity index (χ1) is 5.97. The van der Waals surface area contributed by atoms with Gasteiger partial charge in [0.05, 0.1) is 13.2 Å². The second-order valence-corrected chi connectivity index (χ2v) is 2.74. The van der Waals surface area contributed by atoms with Crippen molar-refractivity contribution in [2.45, 2.75) is 0 Å². The predicted octanol–water partition coefficient (Wildman–Crippen LogP) is -1.83. The van der Waals surface area contributed by atoms with E-state index in [-0.39, 0.29) is 58.8 Å². The van der Waals surface area contributed by atoms with Crippen LogP contribution in [0.1, 0.15) is 0 Å². The van der Waals surface area contributed by atoms with E-state index in [1.165, 1.54) is 0 Å². The van der Waals surface area contributed by atoms with E-state index >= 15 is 0 Å². The molecule has 0 aliphatic carbocycles. The maximum Gasteiger partial charge on any atom is 1.00 e. The zero-order valence-corrected chi connectivity index (χ0v) is 12.0. The Morgan fingerprint density at radius 1 is 1.36 bits per heavy atom. The van der Waals surface area contributed by atoms with Crippen LogP contribution in [0.25, 0.3) is 0 Å². The Bertz CT molecular complexity index is 237. The fourth-order valence-electron chi connectivity index (χ4n) is 1.32. The van der Waals surface area contributed by atoms with E-state index in [0.29, 0.717) is 0 Å². The second kappa shape index (κ2) is 7.79. The van der Waals surface area contributed by atoms with Gasteiger partial charge in [0.2, 0.25) is 0 Å². The topological polar surface area (TPSA) is 25.4 Å². The van der Waals surface area contributed by atoms with Gasteiger partial charge in [0.1, 0.15) is 0 Å². The molecule has 72 valence electrons. The molecule has 2 heterocycles. The van der Waals surface area contributed by atoms with E-state index in [1.807, 2.05) is 18.3 Å². The van der Waals surface area contributed by atoms with E-state index in [4.69, 9.17) is 4.74 Å². The molecule has 0 unspecified atom stereocenters. The van der Waals surface area contributed by atoms with Gasteiger partial charge in [0.15, 0.2) is 0 Å². The van der Waals surface area contributed by atoms with E-state index in [0.717, 1.165) is 32.0 Å². The summed E-state index contributed by atoms with van der Waals surface area (Å²) in [6, 6.07) is 3.86. The summed E-state index contributed by atoms with van der Waals surface area (Å²) in [7, 11) is 0. The molecule has 0 spiro atoms. The molecule has 0 bridgehead atoms. The molecule has 1 aromatic heterocycles. The van der Waals surface area contributed by atoms with E-state index in [1.54, 1.807) is 0 Å². The number of hydrogen-bond acceptors (Lipinski definition) is 3. The summed E-state index contributed by atoms with van der Waals surface area (Å²) in [6.07, 6.45) is 4.60. The smallest absolute Gasteiger partial charge is 0.392 e. The number of aromatic nitrogens is 1. The van der Waals surface area contributed by atoms with Crippen molar-refractivity contribution in [1.82, 2.24) is 4.98 Å². The van der Waals surface area contributed by atoms with E-state index < -0.39 is 0 Å². The van der Waals surface area contributed by atoms with Crippen LogP contribution in [0, 0.1) is 13.6 Å². The zero-order chi connectivity index (χ0) is 8.23. The fourth-order valence-corrected chi connectivity index (χ4v) is 1.32. The largest absolute Gasteiger partial charge is 1.00 e. The van der Waals surface area contributed by atoms with Gasteiger partial charge < -0.3 is 22.0 Å². The summed E-state index contributed by atoms with van der Waals surface area (Å²) in [6.45, 7) is 3.56. The molecule has 1 aliphatic heterocycles. The molecule has 1 aliphatic rings. The van der Waals surface area contributed by atoms with E-state index in [2.05, 4.69) is 16.1 Å². The Morgan fingerprint density at radius 3 is 2.64 bits per heavy atom. The van der Waals surface area contributed by atoms with E-state index in [9.17, 15) is 0 Å². The van der Waals surface area contributed by atoms with Gasteiger partial charge >= 0.3 is 51.4 Å². The number of ether oxygens (including phenoxy) is 1. The molecule has 1 aromatic rings. The number of morpholine rings is 1. The Kier molecular flexibility index (Phi) is 8.09. The normalized spacial score (nSPS) is 15.3. The second-order valence-electron chi connectivity index (χ2n) is 2.74. The first-order valence-electron chi connectivity index (χ1n) is 4.11. The third kappa shape index (κ3) is 3.96. The third-order valence-electron chi connectivity index (χ3n) is 1.98. The maximum atomic E-state index is 5.25. The molecule has 14 heavy (non-hydrogen) atoms. The van der Waals surface area contributed by atoms with Gasteiger partial charge in [-0.05, 0) is 0 Å². The molecule has 2 rings (SSSR count). The molecule has 3 nitrogen and oxygen atoms in total. The first-order valence-corrected chi connectivity index (χ1v) is 4.11. The van der Waals surface area contributed by atoms with Crippen LogP contribution in [0.15, 0.2) is 18.3 Å². The minimum absolute atomic E-state index is 0. The number of hydrogen-bond donors (Lipinski definition) is 0. The minimum Gasteiger partial charge on any atom is -0.392 e. The molecule has 4 heteroatoms. The van der Waals surface area contributed by atoms with Crippen molar-refractivity contribution in [2.75, 3.05) is 31.2 Å². The summed E-state index contributed by atoms with van der Waals surface area (Å²) in [5, 5.41) is 0. The van der Waals surface area contributed by atoms with Gasteiger partial charge in [-0.2, -0.15) is 6.07 Å². The van der Waals surface area contributed by atoms with Crippen molar-refractivity contribution in [3.8, 4) is 0 Å². The van der Waals surface area contributed by atoms with Crippen LogP contribution < -0.4 is 56.3 Å². The van der Waals surface area contributed by atoms with Gasteiger partial charge in [-0.25, -0.2) is 0 Å². The average Bonchev–Trinajstić information content (AvgIpc) is 2.21. The first kappa shape index (κ1) is 14.5. The van der Waals surface area contributed by atoms with Crippen LogP contribution in [-0.4, -0.2) is 31.3 Å². The third-order valence-corrected chi connectivity index (χ3v) is 1.98. The van der Waals surface area contributed by atoms with Crippen molar-refractivity contribution in [3.63, 3.8) is 0 Å². The van der Waals surface area contributed by atoms with Crippen molar-refractivity contribution >= 4 is 5.69 Å². The standard InChI is InChI=1S/C9H11N2O.CH3.K/c1-2-9(8-10-3-1)11-4-6-12-7-5-11;;/h1-2,8H,4-7H2;1H3;/q2*-1;+1. The van der Waals surface area contributed by atoms with Crippen LogP contribution in [0.5, 0.6) is 0 Å². The van der Waals surface area contributed by atoms with Crippen molar-refractivity contribution in [3.05, 3.63) is 32.0 Å². The van der Waals surface area contributed by atoms with Gasteiger partial charge in [0.25, 0.3) is 0 Å². The molecule has 0 aromatic carbocycles. The number of rotatable bonds is 1. The van der Waals surface area contributed by atoms with Crippen molar-refractivity contribution in [1.29, 1.82) is 0 Å². The van der Waals surface area contributed by atoms with Gasteiger partial charge in [-0.1, -0.05) is 18.1 Å². The van der Waals surface area contributed by atoms with Crippen LogP contribution >= 0.6 is 0 Å².